The van der Waals surface area contributed by atoms with E-state index in [0.29, 0.717) is 5.02 Å². The number of aliphatic carboxylic acids is 1. The van der Waals surface area contributed by atoms with Crippen molar-refractivity contribution >= 4 is 52.8 Å². The predicted molar refractivity (Wildman–Crippen MR) is 130 cm³/mol. The smallest absolute Gasteiger partial charge is 0.548 e. The van der Waals surface area contributed by atoms with E-state index in [9.17, 15) is 9.90 Å². The second-order valence-corrected chi connectivity index (χ2v) is 8.26. The third kappa shape index (κ3) is 5.33. The Kier molecular flexibility index (Phi) is 7.67. The molecule has 0 spiro atoms. The maximum absolute atomic E-state index is 11.1. The Morgan fingerprint density at radius 1 is 0.941 bits per heavy atom. The summed E-state index contributed by atoms with van der Waals surface area (Å²) in [5.74, 6) is -1.25. The summed E-state index contributed by atoms with van der Waals surface area (Å²) in [6.07, 6.45) is 7.46. The van der Waals surface area contributed by atoms with Crippen LogP contribution in [0.15, 0.2) is 72.8 Å². The number of benzene rings is 3. The number of nitrogens with zero attached hydrogens (tertiary/aromatic N) is 1. The number of halogens is 1. The summed E-state index contributed by atoms with van der Waals surface area (Å²) in [5.41, 5.74) is 6.40. The van der Waals surface area contributed by atoms with Crippen molar-refractivity contribution in [1.82, 2.24) is 4.98 Å². The molecule has 0 N–H and O–H groups in total. The standard InChI is InChI=1S/C28H20ClNO3.Na/c29-22-12-10-21-11-14-23(30-26(21)16-22)13-6-18-5-7-20-9-8-19-3-1-2-4-24(19)28(25(20)15-18)33-17-27(31)32;/h1-16,28H,17H2,(H,31,32);/q;+1/p-1/b13-6+;. The van der Waals surface area contributed by atoms with Crippen LogP contribution in [0.2, 0.25) is 5.02 Å². The molecule has 1 aliphatic rings. The van der Waals surface area contributed by atoms with Gasteiger partial charge in [0.2, 0.25) is 0 Å². The van der Waals surface area contributed by atoms with Crippen LogP contribution in [0.4, 0.5) is 0 Å². The van der Waals surface area contributed by atoms with Crippen LogP contribution < -0.4 is 34.7 Å². The topological polar surface area (TPSA) is 62.2 Å². The summed E-state index contributed by atoms with van der Waals surface area (Å²) in [6, 6.07) is 23.5. The molecule has 5 rings (SSSR count). The van der Waals surface area contributed by atoms with Crippen molar-refractivity contribution in [3.05, 3.63) is 111 Å². The first kappa shape index (κ1) is 24.4. The summed E-state index contributed by atoms with van der Waals surface area (Å²) in [6.45, 7) is -0.484. The molecule has 4 aromatic rings. The molecule has 1 aliphatic carbocycles. The molecule has 1 aromatic heterocycles. The number of rotatable bonds is 5. The van der Waals surface area contributed by atoms with Crippen LogP contribution in [0.25, 0.3) is 35.2 Å². The average molecular weight is 476 g/mol. The SMILES string of the molecule is O=C([O-])COC1c2ccccc2C=Cc2ccc(/C=C/c3ccc4ccc(Cl)cc4n3)cc21.[Na+]. The van der Waals surface area contributed by atoms with Crippen molar-refractivity contribution in [2.75, 3.05) is 6.61 Å². The van der Waals surface area contributed by atoms with Crippen LogP contribution in [0.5, 0.6) is 0 Å². The number of pyridine rings is 1. The van der Waals surface area contributed by atoms with Gasteiger partial charge in [-0.05, 0) is 58.2 Å². The van der Waals surface area contributed by atoms with E-state index >= 15 is 0 Å². The number of ether oxygens (including phenoxy) is 1. The Hall–Kier alpha value is -2.73. The summed E-state index contributed by atoms with van der Waals surface area (Å²) < 4.78 is 5.80. The normalized spacial score (nSPS) is 14.3. The van der Waals surface area contributed by atoms with Gasteiger partial charge >= 0.3 is 29.6 Å². The summed E-state index contributed by atoms with van der Waals surface area (Å²) in [4.78, 5) is 15.8. The van der Waals surface area contributed by atoms with Crippen LogP contribution in [0.3, 0.4) is 0 Å². The van der Waals surface area contributed by atoms with E-state index in [1.165, 1.54) is 0 Å². The first-order chi connectivity index (χ1) is 16.1. The molecule has 1 atom stereocenters. The zero-order valence-electron chi connectivity index (χ0n) is 18.6. The van der Waals surface area contributed by atoms with Crippen molar-refractivity contribution in [2.45, 2.75) is 6.10 Å². The van der Waals surface area contributed by atoms with E-state index in [0.717, 1.165) is 44.4 Å². The minimum absolute atomic E-state index is 0. The van der Waals surface area contributed by atoms with Crippen molar-refractivity contribution in [3.63, 3.8) is 0 Å². The number of carbonyl (C=O) groups is 1. The molecule has 0 saturated carbocycles. The quantitative estimate of drug-likeness (QED) is 0.416. The number of hydrogen-bond acceptors (Lipinski definition) is 4. The van der Waals surface area contributed by atoms with Gasteiger partial charge < -0.3 is 14.6 Å². The number of aromatic nitrogens is 1. The van der Waals surface area contributed by atoms with Crippen molar-refractivity contribution in [3.8, 4) is 0 Å². The second-order valence-electron chi connectivity index (χ2n) is 7.82. The van der Waals surface area contributed by atoms with Gasteiger partial charge in [-0.25, -0.2) is 4.98 Å². The van der Waals surface area contributed by atoms with E-state index in [2.05, 4.69) is 4.98 Å². The Morgan fingerprint density at radius 3 is 2.53 bits per heavy atom. The van der Waals surface area contributed by atoms with Crippen molar-refractivity contribution in [1.29, 1.82) is 0 Å². The first-order valence-corrected chi connectivity index (χ1v) is 10.9. The van der Waals surface area contributed by atoms with Crippen LogP contribution in [0.1, 0.15) is 39.6 Å². The van der Waals surface area contributed by atoms with Crippen LogP contribution in [0, 0.1) is 0 Å². The maximum atomic E-state index is 11.1. The van der Waals surface area contributed by atoms with Gasteiger partial charge in [0.15, 0.2) is 0 Å². The zero-order valence-corrected chi connectivity index (χ0v) is 21.3. The van der Waals surface area contributed by atoms with Gasteiger partial charge in [0.1, 0.15) is 6.10 Å². The Balaban J connectivity index is 0.00000274. The fourth-order valence-electron chi connectivity index (χ4n) is 4.04. The van der Waals surface area contributed by atoms with E-state index in [4.69, 9.17) is 16.3 Å². The van der Waals surface area contributed by atoms with E-state index in [1.54, 1.807) is 0 Å². The van der Waals surface area contributed by atoms with Crippen molar-refractivity contribution < 1.29 is 44.2 Å². The molecule has 162 valence electrons. The molecular weight excluding hydrogens is 457 g/mol. The van der Waals surface area contributed by atoms with Gasteiger partial charge in [0.05, 0.1) is 23.8 Å². The first-order valence-electron chi connectivity index (χ1n) is 10.5. The Bertz CT molecular complexity index is 1430. The number of carbonyl (C=O) groups excluding carboxylic acids is 1. The van der Waals surface area contributed by atoms with Gasteiger partial charge in [0, 0.05) is 10.4 Å². The molecule has 3 aromatic carbocycles. The monoisotopic (exact) mass is 475 g/mol. The summed E-state index contributed by atoms with van der Waals surface area (Å²) in [5, 5.41) is 12.8. The van der Waals surface area contributed by atoms with Gasteiger partial charge in [-0.2, -0.15) is 0 Å². The fraction of sp³-hybridized carbons (Fsp3) is 0.0714. The minimum atomic E-state index is -1.25. The number of fused-ring (bicyclic) bond motifs is 3. The molecule has 0 saturated heterocycles. The van der Waals surface area contributed by atoms with E-state index in [-0.39, 0.29) is 29.6 Å². The molecule has 1 heterocycles. The van der Waals surface area contributed by atoms with Gasteiger partial charge in [0.25, 0.3) is 0 Å². The summed E-state index contributed by atoms with van der Waals surface area (Å²) >= 11 is 6.10. The van der Waals surface area contributed by atoms with E-state index in [1.807, 2.05) is 97.1 Å². The van der Waals surface area contributed by atoms with Gasteiger partial charge in [-0.3, -0.25) is 0 Å². The van der Waals surface area contributed by atoms with Crippen LogP contribution in [-0.2, 0) is 9.53 Å². The minimum Gasteiger partial charge on any atom is -0.548 e. The Morgan fingerprint density at radius 2 is 1.71 bits per heavy atom. The largest absolute Gasteiger partial charge is 1.00 e. The molecule has 0 radical (unpaired) electrons. The molecule has 34 heavy (non-hydrogen) atoms. The molecular formula is C28H19ClNNaO3. The number of hydrogen-bond donors (Lipinski definition) is 0. The maximum Gasteiger partial charge on any atom is 1.00 e. The summed E-state index contributed by atoms with van der Waals surface area (Å²) in [7, 11) is 0. The molecule has 0 aliphatic heterocycles. The average Bonchev–Trinajstić information content (AvgIpc) is 2.97. The predicted octanol–water partition coefficient (Wildman–Crippen LogP) is 2.40. The molecule has 6 heteroatoms. The molecule has 1 unspecified atom stereocenters. The fourth-order valence-corrected chi connectivity index (χ4v) is 4.20. The van der Waals surface area contributed by atoms with Gasteiger partial charge in [-0.1, -0.05) is 78.4 Å². The van der Waals surface area contributed by atoms with Gasteiger partial charge in [-0.15, -0.1) is 0 Å². The Labute approximate surface area is 224 Å². The molecule has 4 nitrogen and oxygen atoms in total. The van der Waals surface area contributed by atoms with Crippen LogP contribution >= 0.6 is 11.6 Å². The molecule has 0 bridgehead atoms. The van der Waals surface area contributed by atoms with Crippen LogP contribution in [-0.4, -0.2) is 17.6 Å². The molecule has 0 fully saturated rings. The third-order valence-electron chi connectivity index (χ3n) is 5.60. The van der Waals surface area contributed by atoms with E-state index < -0.39 is 18.7 Å². The number of carboxylic acids is 1. The third-order valence-corrected chi connectivity index (χ3v) is 5.84. The second kappa shape index (κ2) is 10.7. The zero-order chi connectivity index (χ0) is 22.8. The molecule has 0 amide bonds. The number of carboxylic acid groups (broad SMARTS) is 1. The van der Waals surface area contributed by atoms with Crippen molar-refractivity contribution in [2.24, 2.45) is 0 Å².